The van der Waals surface area contributed by atoms with Crippen molar-refractivity contribution in [2.75, 3.05) is 16.8 Å². The second kappa shape index (κ2) is 10.9. The number of rotatable bonds is 8. The number of ether oxygens (including phenoxy) is 1. The summed E-state index contributed by atoms with van der Waals surface area (Å²) in [5, 5.41) is 2.77. The zero-order valence-electron chi connectivity index (χ0n) is 18.2. The molecule has 0 bridgehead atoms. The van der Waals surface area contributed by atoms with E-state index in [1.54, 1.807) is 4.90 Å². The van der Waals surface area contributed by atoms with Gasteiger partial charge in [-0.05, 0) is 49.2 Å². The minimum atomic E-state index is -0.601. The van der Waals surface area contributed by atoms with Crippen LogP contribution in [0.4, 0.5) is 17.1 Å². The fourth-order valence-electron chi connectivity index (χ4n) is 3.32. The Hall–Kier alpha value is -3.93. The molecule has 6 nitrogen and oxygen atoms in total. The van der Waals surface area contributed by atoms with E-state index in [0.717, 1.165) is 11.1 Å². The summed E-state index contributed by atoms with van der Waals surface area (Å²) < 4.78 is 5.08. The van der Waals surface area contributed by atoms with Crippen molar-refractivity contribution in [3.8, 4) is 0 Å². The Kier molecular flexibility index (Phi) is 7.75. The third kappa shape index (κ3) is 6.04. The first-order valence-corrected chi connectivity index (χ1v) is 10.4. The first kappa shape index (κ1) is 22.7. The molecule has 6 heteroatoms. The number of aryl methyl sites for hydroxylation is 2. The standard InChI is InChI=1S/C26H26N2O4/c1-19-10-9-11-20(2)26(19)27-23(29)18-32-25(31)17-16-24(30)28(21-12-5-3-6-13-21)22-14-7-4-8-15-22/h3-15H,16-18H2,1-2H3,(H,27,29). The van der Waals surface area contributed by atoms with E-state index in [4.69, 9.17) is 4.74 Å². The van der Waals surface area contributed by atoms with Crippen molar-refractivity contribution in [2.45, 2.75) is 26.7 Å². The van der Waals surface area contributed by atoms with Crippen LogP contribution in [0.5, 0.6) is 0 Å². The quantitative estimate of drug-likeness (QED) is 0.514. The molecule has 0 aliphatic heterocycles. The van der Waals surface area contributed by atoms with Crippen molar-refractivity contribution < 1.29 is 19.1 Å². The van der Waals surface area contributed by atoms with E-state index < -0.39 is 18.5 Å². The van der Waals surface area contributed by atoms with Gasteiger partial charge in [0, 0.05) is 23.5 Å². The van der Waals surface area contributed by atoms with Crippen molar-refractivity contribution in [1.82, 2.24) is 0 Å². The molecule has 3 aromatic rings. The highest BCUT2D eigenvalue weighted by Crippen LogP contribution is 2.26. The molecule has 0 unspecified atom stereocenters. The molecule has 0 aliphatic rings. The van der Waals surface area contributed by atoms with Crippen molar-refractivity contribution in [3.63, 3.8) is 0 Å². The lowest BCUT2D eigenvalue weighted by molar-refractivity contribution is -0.148. The van der Waals surface area contributed by atoms with Crippen LogP contribution in [0.15, 0.2) is 78.9 Å². The number of benzene rings is 3. The molecule has 32 heavy (non-hydrogen) atoms. The number of carbonyl (C=O) groups excluding carboxylic acids is 3. The second-order valence-corrected chi connectivity index (χ2v) is 7.38. The van der Waals surface area contributed by atoms with Crippen LogP contribution in [0.2, 0.25) is 0 Å². The fourth-order valence-corrected chi connectivity index (χ4v) is 3.32. The average Bonchev–Trinajstić information content (AvgIpc) is 2.80. The van der Waals surface area contributed by atoms with Crippen LogP contribution < -0.4 is 10.2 Å². The van der Waals surface area contributed by atoms with Crippen LogP contribution in [0.1, 0.15) is 24.0 Å². The van der Waals surface area contributed by atoms with E-state index in [9.17, 15) is 14.4 Å². The molecule has 0 atom stereocenters. The molecule has 0 fully saturated rings. The van der Waals surface area contributed by atoms with Gasteiger partial charge in [-0.3, -0.25) is 19.3 Å². The molecule has 0 saturated carbocycles. The molecular weight excluding hydrogens is 404 g/mol. The van der Waals surface area contributed by atoms with E-state index >= 15 is 0 Å². The number of hydrogen-bond donors (Lipinski definition) is 1. The third-order valence-electron chi connectivity index (χ3n) is 4.93. The predicted octanol–water partition coefficient (Wildman–Crippen LogP) is 4.93. The van der Waals surface area contributed by atoms with Gasteiger partial charge in [-0.2, -0.15) is 0 Å². The van der Waals surface area contributed by atoms with Gasteiger partial charge in [-0.15, -0.1) is 0 Å². The van der Waals surface area contributed by atoms with Crippen LogP contribution in [-0.4, -0.2) is 24.4 Å². The highest BCUT2D eigenvalue weighted by molar-refractivity contribution is 6.01. The molecule has 3 rings (SSSR count). The van der Waals surface area contributed by atoms with Crippen LogP contribution in [-0.2, 0) is 19.1 Å². The van der Waals surface area contributed by atoms with Crippen molar-refractivity contribution in [1.29, 1.82) is 0 Å². The monoisotopic (exact) mass is 430 g/mol. The molecule has 0 aromatic heterocycles. The maximum Gasteiger partial charge on any atom is 0.306 e. The number of nitrogens with zero attached hydrogens (tertiary/aromatic N) is 1. The molecule has 1 N–H and O–H groups in total. The molecular formula is C26H26N2O4. The Bertz CT molecular complexity index is 1020. The summed E-state index contributed by atoms with van der Waals surface area (Å²) >= 11 is 0. The number of carbonyl (C=O) groups is 3. The summed E-state index contributed by atoms with van der Waals surface area (Å²) in [4.78, 5) is 38.8. The minimum Gasteiger partial charge on any atom is -0.456 e. The maximum atomic E-state index is 12.9. The summed E-state index contributed by atoms with van der Waals surface area (Å²) in [6, 6.07) is 24.2. The number of hydrogen-bond acceptors (Lipinski definition) is 4. The minimum absolute atomic E-state index is 0.0405. The number of esters is 1. The maximum absolute atomic E-state index is 12.9. The largest absolute Gasteiger partial charge is 0.456 e. The molecule has 0 radical (unpaired) electrons. The molecule has 164 valence electrons. The zero-order valence-corrected chi connectivity index (χ0v) is 18.2. The average molecular weight is 431 g/mol. The van der Waals surface area contributed by atoms with Crippen molar-refractivity contribution in [2.24, 2.45) is 0 Å². The summed E-state index contributed by atoms with van der Waals surface area (Å²) in [6.45, 7) is 3.39. The normalized spacial score (nSPS) is 10.3. The van der Waals surface area contributed by atoms with Crippen molar-refractivity contribution >= 4 is 34.8 Å². The second-order valence-electron chi connectivity index (χ2n) is 7.38. The lowest BCUT2D eigenvalue weighted by Gasteiger charge is -2.23. The van der Waals surface area contributed by atoms with Crippen LogP contribution in [0.3, 0.4) is 0 Å². The van der Waals surface area contributed by atoms with E-state index in [-0.39, 0.29) is 18.7 Å². The molecule has 0 spiro atoms. The Balaban J connectivity index is 1.55. The third-order valence-corrected chi connectivity index (χ3v) is 4.93. The Morgan fingerprint density at radius 1 is 0.750 bits per heavy atom. The molecule has 0 saturated heterocycles. The number of nitrogens with one attached hydrogen (secondary N) is 1. The van der Waals surface area contributed by atoms with E-state index in [2.05, 4.69) is 5.32 Å². The SMILES string of the molecule is Cc1cccc(C)c1NC(=O)COC(=O)CCC(=O)N(c1ccccc1)c1ccccc1. The summed E-state index contributed by atoms with van der Waals surface area (Å²) in [5.74, 6) is -1.26. The zero-order chi connectivity index (χ0) is 22.9. The summed E-state index contributed by atoms with van der Waals surface area (Å²) in [6.07, 6.45) is -0.160. The topological polar surface area (TPSA) is 75.7 Å². The number of anilines is 3. The van der Waals surface area contributed by atoms with E-state index in [1.807, 2.05) is 92.7 Å². The first-order valence-electron chi connectivity index (χ1n) is 10.4. The van der Waals surface area contributed by atoms with Gasteiger partial charge in [-0.25, -0.2) is 0 Å². The first-order chi connectivity index (χ1) is 15.5. The lowest BCUT2D eigenvalue weighted by Crippen LogP contribution is -2.27. The molecule has 0 heterocycles. The Labute approximate surface area is 187 Å². The van der Waals surface area contributed by atoms with Crippen LogP contribution in [0.25, 0.3) is 0 Å². The summed E-state index contributed by atoms with van der Waals surface area (Å²) in [7, 11) is 0. The molecule has 0 aliphatic carbocycles. The van der Waals surface area contributed by atoms with Gasteiger partial charge < -0.3 is 10.1 Å². The Morgan fingerprint density at radius 2 is 1.28 bits per heavy atom. The van der Waals surface area contributed by atoms with Gasteiger partial charge in [0.2, 0.25) is 5.91 Å². The van der Waals surface area contributed by atoms with Gasteiger partial charge >= 0.3 is 5.97 Å². The molecule has 3 aromatic carbocycles. The van der Waals surface area contributed by atoms with E-state index in [0.29, 0.717) is 17.1 Å². The van der Waals surface area contributed by atoms with Gasteiger partial charge in [0.25, 0.3) is 5.91 Å². The van der Waals surface area contributed by atoms with Crippen LogP contribution >= 0.6 is 0 Å². The number of para-hydroxylation sites is 3. The smallest absolute Gasteiger partial charge is 0.306 e. The predicted molar refractivity (Wildman–Crippen MR) is 125 cm³/mol. The van der Waals surface area contributed by atoms with Gasteiger partial charge in [0.1, 0.15) is 0 Å². The van der Waals surface area contributed by atoms with Crippen LogP contribution in [0, 0.1) is 13.8 Å². The number of amides is 2. The lowest BCUT2D eigenvalue weighted by atomic mass is 10.1. The van der Waals surface area contributed by atoms with E-state index in [1.165, 1.54) is 0 Å². The van der Waals surface area contributed by atoms with Gasteiger partial charge in [0.05, 0.1) is 6.42 Å². The molecule has 2 amide bonds. The highest BCUT2D eigenvalue weighted by Gasteiger charge is 2.19. The highest BCUT2D eigenvalue weighted by atomic mass is 16.5. The van der Waals surface area contributed by atoms with Gasteiger partial charge in [-0.1, -0.05) is 54.6 Å². The summed E-state index contributed by atoms with van der Waals surface area (Å²) in [5.41, 5.74) is 3.99. The van der Waals surface area contributed by atoms with Gasteiger partial charge in [0.15, 0.2) is 6.61 Å². The Morgan fingerprint density at radius 3 is 1.81 bits per heavy atom. The van der Waals surface area contributed by atoms with Crippen molar-refractivity contribution in [3.05, 3.63) is 90.0 Å². The fraction of sp³-hybridized carbons (Fsp3) is 0.192.